The lowest BCUT2D eigenvalue weighted by Crippen LogP contribution is -2.45. The van der Waals surface area contributed by atoms with Gasteiger partial charge in [-0.25, -0.2) is 4.99 Å². The molecule has 1 saturated heterocycles. The zero-order valence-corrected chi connectivity index (χ0v) is 20.7. The van der Waals surface area contributed by atoms with Gasteiger partial charge in [0, 0.05) is 45.9 Å². The molecule has 0 radical (unpaired) electrons. The van der Waals surface area contributed by atoms with Gasteiger partial charge in [-0.3, -0.25) is 4.90 Å². The van der Waals surface area contributed by atoms with Crippen LogP contribution >= 0.6 is 24.0 Å². The number of ether oxygens (including phenoxy) is 1. The van der Waals surface area contributed by atoms with Crippen molar-refractivity contribution in [3.8, 4) is 0 Å². The molecule has 9 heteroatoms. The molecular formula is C21H34IN7O. The summed E-state index contributed by atoms with van der Waals surface area (Å²) in [4.78, 5) is 7.25. The van der Waals surface area contributed by atoms with Gasteiger partial charge in [0.15, 0.2) is 11.8 Å². The number of nitrogens with one attached hydrogen (secondary N) is 2. The van der Waals surface area contributed by atoms with E-state index >= 15 is 0 Å². The molecule has 2 unspecified atom stereocenters. The normalized spacial score (nSPS) is 19.5. The highest BCUT2D eigenvalue weighted by Gasteiger charge is 2.29. The molecule has 0 aliphatic carbocycles. The van der Waals surface area contributed by atoms with Crippen LogP contribution in [-0.4, -0.2) is 64.5 Å². The molecule has 1 aliphatic rings. The van der Waals surface area contributed by atoms with Crippen LogP contribution in [-0.2, 0) is 24.9 Å². The summed E-state index contributed by atoms with van der Waals surface area (Å²) in [6, 6.07) is 11.5. The molecule has 0 spiro atoms. The van der Waals surface area contributed by atoms with Gasteiger partial charge in [0.05, 0.1) is 6.61 Å². The maximum atomic E-state index is 5.17. The molecule has 166 valence electrons. The number of halogens is 1. The Morgan fingerprint density at radius 3 is 2.70 bits per heavy atom. The molecule has 0 amide bonds. The number of rotatable bonds is 8. The van der Waals surface area contributed by atoms with Gasteiger partial charge in [-0.05, 0) is 25.8 Å². The minimum Gasteiger partial charge on any atom is -0.383 e. The summed E-state index contributed by atoms with van der Waals surface area (Å²) in [6.45, 7) is 8.02. The Hall–Kier alpha value is -1.72. The van der Waals surface area contributed by atoms with Crippen LogP contribution in [0.3, 0.4) is 0 Å². The molecule has 3 rings (SSSR count). The minimum absolute atomic E-state index is 0. The van der Waals surface area contributed by atoms with Crippen LogP contribution < -0.4 is 10.6 Å². The lowest BCUT2D eigenvalue weighted by atomic mass is 10.2. The Morgan fingerprint density at radius 2 is 2.03 bits per heavy atom. The Labute approximate surface area is 196 Å². The number of aliphatic imine (C=N–C) groups is 1. The summed E-state index contributed by atoms with van der Waals surface area (Å²) >= 11 is 0. The number of methoxy groups -OCH3 is 1. The predicted molar refractivity (Wildman–Crippen MR) is 130 cm³/mol. The molecule has 2 atom stereocenters. The van der Waals surface area contributed by atoms with E-state index in [1.807, 2.05) is 18.5 Å². The van der Waals surface area contributed by atoms with Gasteiger partial charge >= 0.3 is 0 Å². The van der Waals surface area contributed by atoms with E-state index in [0.29, 0.717) is 31.8 Å². The predicted octanol–water partition coefficient (Wildman–Crippen LogP) is 2.09. The third-order valence-corrected chi connectivity index (χ3v) is 5.43. The van der Waals surface area contributed by atoms with Gasteiger partial charge in [0.25, 0.3) is 0 Å². The van der Waals surface area contributed by atoms with E-state index in [9.17, 15) is 0 Å². The van der Waals surface area contributed by atoms with E-state index in [2.05, 4.69) is 63.0 Å². The zero-order chi connectivity index (χ0) is 20.6. The fraction of sp³-hybridized carbons (Fsp3) is 0.571. The van der Waals surface area contributed by atoms with Crippen LogP contribution in [0, 0.1) is 6.92 Å². The van der Waals surface area contributed by atoms with Gasteiger partial charge in [0.2, 0.25) is 0 Å². The smallest absolute Gasteiger partial charge is 0.192 e. The zero-order valence-electron chi connectivity index (χ0n) is 18.3. The number of guanidine groups is 1. The lowest BCUT2D eigenvalue weighted by molar-refractivity contribution is 0.203. The molecule has 2 aromatic rings. The van der Waals surface area contributed by atoms with Gasteiger partial charge < -0.3 is 19.9 Å². The van der Waals surface area contributed by atoms with E-state index < -0.39 is 0 Å². The highest BCUT2D eigenvalue weighted by molar-refractivity contribution is 14.0. The molecule has 1 aliphatic heterocycles. The second-order valence-electron chi connectivity index (χ2n) is 7.65. The van der Waals surface area contributed by atoms with Crippen molar-refractivity contribution >= 4 is 29.9 Å². The molecule has 8 nitrogen and oxygen atoms in total. The Balaban J connectivity index is 0.00000320. The molecule has 1 aromatic carbocycles. The Morgan fingerprint density at radius 1 is 1.27 bits per heavy atom. The van der Waals surface area contributed by atoms with Gasteiger partial charge in [0.1, 0.15) is 12.4 Å². The van der Waals surface area contributed by atoms with E-state index in [1.54, 1.807) is 7.11 Å². The van der Waals surface area contributed by atoms with E-state index in [1.165, 1.54) is 5.56 Å². The average molecular weight is 527 g/mol. The SMILES string of the molecule is COCCNC(=NCc1nnc(C)n1C)NC1CC(C)N(Cc2ccccc2)C1.I. The molecule has 30 heavy (non-hydrogen) atoms. The third kappa shape index (κ3) is 6.92. The van der Waals surface area contributed by atoms with Crippen LogP contribution in [0.4, 0.5) is 0 Å². The highest BCUT2D eigenvalue weighted by atomic mass is 127. The number of aryl methyl sites for hydroxylation is 1. The third-order valence-electron chi connectivity index (χ3n) is 5.43. The van der Waals surface area contributed by atoms with Crippen LogP contribution in [0.15, 0.2) is 35.3 Å². The number of likely N-dealkylation sites (tertiary alicyclic amines) is 1. The molecule has 1 aromatic heterocycles. The molecule has 2 N–H and O–H groups in total. The first kappa shape index (κ1) is 24.5. The fourth-order valence-corrected chi connectivity index (χ4v) is 3.60. The maximum Gasteiger partial charge on any atom is 0.192 e. The summed E-state index contributed by atoms with van der Waals surface area (Å²) in [7, 11) is 3.67. The van der Waals surface area contributed by atoms with Crippen molar-refractivity contribution in [1.82, 2.24) is 30.3 Å². The van der Waals surface area contributed by atoms with Gasteiger partial charge in [-0.15, -0.1) is 34.2 Å². The Bertz CT molecular complexity index is 796. The summed E-state index contributed by atoms with van der Waals surface area (Å²) in [5.41, 5.74) is 1.35. The van der Waals surface area contributed by atoms with Crippen molar-refractivity contribution in [1.29, 1.82) is 0 Å². The first-order chi connectivity index (χ1) is 14.1. The fourth-order valence-electron chi connectivity index (χ4n) is 3.60. The van der Waals surface area contributed by atoms with Crippen molar-refractivity contribution in [2.45, 2.75) is 45.4 Å². The minimum atomic E-state index is 0. The summed E-state index contributed by atoms with van der Waals surface area (Å²) in [6.07, 6.45) is 1.08. The standard InChI is InChI=1S/C21H33N7O.HI/c1-16-12-19(15-28(16)14-18-8-6-5-7-9-18)24-21(22-10-11-29-4)23-13-20-26-25-17(2)27(20)3;/h5-9,16,19H,10-15H2,1-4H3,(H2,22,23,24);1H. The number of hydrogen-bond donors (Lipinski definition) is 2. The van der Waals surface area contributed by atoms with Crippen molar-refractivity contribution in [3.05, 3.63) is 47.5 Å². The van der Waals surface area contributed by atoms with Gasteiger partial charge in [-0.2, -0.15) is 0 Å². The van der Waals surface area contributed by atoms with Crippen LogP contribution in [0.1, 0.15) is 30.6 Å². The summed E-state index contributed by atoms with van der Waals surface area (Å²) < 4.78 is 7.14. The number of aromatic nitrogens is 3. The summed E-state index contributed by atoms with van der Waals surface area (Å²) in [5.74, 6) is 2.53. The van der Waals surface area contributed by atoms with Crippen LogP contribution in [0.2, 0.25) is 0 Å². The van der Waals surface area contributed by atoms with Crippen molar-refractivity contribution in [3.63, 3.8) is 0 Å². The lowest BCUT2D eigenvalue weighted by Gasteiger charge is -2.21. The van der Waals surface area contributed by atoms with Crippen molar-refractivity contribution < 1.29 is 4.74 Å². The van der Waals surface area contributed by atoms with E-state index in [0.717, 1.165) is 37.1 Å². The second-order valence-corrected chi connectivity index (χ2v) is 7.65. The quantitative estimate of drug-likeness (QED) is 0.237. The number of hydrogen-bond acceptors (Lipinski definition) is 5. The number of benzene rings is 1. The highest BCUT2D eigenvalue weighted by Crippen LogP contribution is 2.20. The molecule has 2 heterocycles. The van der Waals surface area contributed by atoms with Crippen LogP contribution in [0.5, 0.6) is 0 Å². The topological polar surface area (TPSA) is 79.6 Å². The average Bonchev–Trinajstić information content (AvgIpc) is 3.22. The first-order valence-corrected chi connectivity index (χ1v) is 10.2. The molecule has 0 saturated carbocycles. The van der Waals surface area contributed by atoms with Crippen LogP contribution in [0.25, 0.3) is 0 Å². The monoisotopic (exact) mass is 527 g/mol. The first-order valence-electron chi connectivity index (χ1n) is 10.2. The van der Waals surface area contributed by atoms with Gasteiger partial charge in [-0.1, -0.05) is 30.3 Å². The molecule has 0 bridgehead atoms. The van der Waals surface area contributed by atoms with E-state index in [-0.39, 0.29) is 24.0 Å². The summed E-state index contributed by atoms with van der Waals surface area (Å²) in [5, 5.41) is 15.3. The van der Waals surface area contributed by atoms with E-state index in [4.69, 9.17) is 9.73 Å². The second kappa shape index (κ2) is 12.2. The maximum absolute atomic E-state index is 5.17. The number of nitrogens with zero attached hydrogens (tertiary/aromatic N) is 5. The van der Waals surface area contributed by atoms with Crippen molar-refractivity contribution in [2.75, 3.05) is 26.8 Å². The molecule has 1 fully saturated rings. The van der Waals surface area contributed by atoms with Crippen molar-refractivity contribution in [2.24, 2.45) is 12.0 Å². The molecular weight excluding hydrogens is 493 g/mol. The Kier molecular flexibility index (Phi) is 9.99. The largest absolute Gasteiger partial charge is 0.383 e.